The van der Waals surface area contributed by atoms with E-state index in [1.807, 2.05) is 60.7 Å². The van der Waals surface area contributed by atoms with Gasteiger partial charge in [-0.05, 0) is 28.8 Å². The lowest BCUT2D eigenvalue weighted by atomic mass is 10.0. The largest absolute Gasteiger partial charge is 0.497 e. The van der Waals surface area contributed by atoms with Gasteiger partial charge in [-0.2, -0.15) is 0 Å². The Balaban J connectivity index is 1.52. The van der Waals surface area contributed by atoms with Gasteiger partial charge in [-0.25, -0.2) is 9.59 Å². The van der Waals surface area contributed by atoms with Crippen LogP contribution < -0.4 is 26.7 Å². The number of hydrogen-bond acceptors (Lipinski definition) is 7. The summed E-state index contributed by atoms with van der Waals surface area (Å²) in [4.78, 5) is 50.6. The van der Waals surface area contributed by atoms with Gasteiger partial charge in [0.25, 0.3) is 0 Å². The number of hydrogen-bond donors (Lipinski definition) is 3. The van der Waals surface area contributed by atoms with Crippen LogP contribution in [0.3, 0.4) is 0 Å². The molecule has 0 aliphatic heterocycles. The Kier molecular flexibility index (Phi) is 9.14. The lowest BCUT2D eigenvalue weighted by Gasteiger charge is -2.22. The smallest absolute Gasteiger partial charge is 0.408 e. The summed E-state index contributed by atoms with van der Waals surface area (Å²) in [5.74, 6) is -0.965. The molecule has 1 aromatic heterocycles. The molecule has 0 unspecified atom stereocenters. The highest BCUT2D eigenvalue weighted by molar-refractivity contribution is 5.91. The van der Waals surface area contributed by atoms with E-state index in [-0.39, 0.29) is 25.0 Å². The number of carbonyl (C=O) groups is 3. The molecule has 0 spiro atoms. The average molecular weight is 544 g/mol. The van der Waals surface area contributed by atoms with Crippen molar-refractivity contribution >= 4 is 28.9 Å². The first-order valence-corrected chi connectivity index (χ1v) is 12.5. The summed E-state index contributed by atoms with van der Waals surface area (Å²) in [6.45, 7) is 0.0186. The highest BCUT2D eigenvalue weighted by Gasteiger charge is 2.27. The van der Waals surface area contributed by atoms with Gasteiger partial charge in [0.05, 0.1) is 7.11 Å². The van der Waals surface area contributed by atoms with Crippen LogP contribution in [0.25, 0.3) is 11.0 Å². The Labute approximate surface area is 230 Å². The Morgan fingerprint density at radius 2 is 1.52 bits per heavy atom. The predicted molar refractivity (Wildman–Crippen MR) is 148 cm³/mol. The Morgan fingerprint density at radius 3 is 2.17 bits per heavy atom. The fraction of sp³-hybridized carbons (Fsp3) is 0.200. The second-order valence-electron chi connectivity index (χ2n) is 9.07. The van der Waals surface area contributed by atoms with Crippen LogP contribution in [0, 0.1) is 0 Å². The summed E-state index contributed by atoms with van der Waals surface area (Å²) in [5, 5.41) is 5.78. The fourth-order valence-electron chi connectivity index (χ4n) is 4.19. The van der Waals surface area contributed by atoms with Gasteiger partial charge in [-0.15, -0.1) is 0 Å². The molecular formula is C30H29N3O7. The number of benzene rings is 3. The molecule has 206 valence electrons. The first kappa shape index (κ1) is 27.9. The number of methoxy groups -OCH3 is 1. The highest BCUT2D eigenvalue weighted by atomic mass is 16.5. The minimum absolute atomic E-state index is 0.0186. The summed E-state index contributed by atoms with van der Waals surface area (Å²) in [5.41, 5.74) is 7.29. The zero-order valence-corrected chi connectivity index (χ0v) is 21.8. The molecule has 4 rings (SSSR count). The summed E-state index contributed by atoms with van der Waals surface area (Å²) in [7, 11) is 1.49. The van der Waals surface area contributed by atoms with Gasteiger partial charge in [0.1, 0.15) is 30.0 Å². The van der Waals surface area contributed by atoms with Crippen LogP contribution >= 0.6 is 0 Å². The second-order valence-corrected chi connectivity index (χ2v) is 9.07. The quantitative estimate of drug-likeness (QED) is 0.246. The SMILES string of the molecule is COc1ccc2c(C[C@H](NC(=O)[C@H](Cc3ccccc3)NC(=O)OCc3ccccc3)C(N)=O)cc(=O)oc2c1. The minimum Gasteiger partial charge on any atom is -0.497 e. The maximum absolute atomic E-state index is 13.4. The first-order chi connectivity index (χ1) is 19.3. The Hall–Kier alpha value is -5.12. The molecule has 2 atom stereocenters. The number of rotatable bonds is 11. The van der Waals surface area contributed by atoms with Gasteiger partial charge < -0.3 is 30.3 Å². The number of ether oxygens (including phenoxy) is 2. The van der Waals surface area contributed by atoms with Crippen molar-refractivity contribution in [3.05, 3.63) is 112 Å². The van der Waals surface area contributed by atoms with Crippen LogP contribution in [0.4, 0.5) is 4.79 Å². The van der Waals surface area contributed by atoms with Crippen molar-refractivity contribution in [2.45, 2.75) is 31.5 Å². The van der Waals surface area contributed by atoms with E-state index in [1.54, 1.807) is 18.2 Å². The normalized spacial score (nSPS) is 12.2. The molecule has 4 aromatic rings. The monoisotopic (exact) mass is 543 g/mol. The van der Waals surface area contributed by atoms with E-state index in [0.29, 0.717) is 16.7 Å². The second kappa shape index (κ2) is 13.1. The van der Waals surface area contributed by atoms with E-state index < -0.39 is 35.6 Å². The third-order valence-electron chi connectivity index (χ3n) is 6.23. The molecule has 10 nitrogen and oxygen atoms in total. The lowest BCUT2D eigenvalue weighted by Crippen LogP contribution is -2.54. The number of primary amides is 1. The summed E-state index contributed by atoms with van der Waals surface area (Å²) < 4.78 is 15.8. The van der Waals surface area contributed by atoms with Crippen molar-refractivity contribution in [3.63, 3.8) is 0 Å². The van der Waals surface area contributed by atoms with E-state index in [2.05, 4.69) is 10.6 Å². The molecule has 0 aliphatic rings. The van der Waals surface area contributed by atoms with Gasteiger partial charge >= 0.3 is 11.7 Å². The maximum Gasteiger partial charge on any atom is 0.408 e. The van der Waals surface area contributed by atoms with Gasteiger partial charge in [0.15, 0.2) is 0 Å². The molecule has 0 bridgehead atoms. The molecule has 0 saturated carbocycles. The molecule has 1 heterocycles. The fourth-order valence-corrected chi connectivity index (χ4v) is 4.19. The van der Waals surface area contributed by atoms with Crippen LogP contribution in [0.5, 0.6) is 5.75 Å². The lowest BCUT2D eigenvalue weighted by molar-refractivity contribution is -0.128. The number of nitrogens with one attached hydrogen (secondary N) is 2. The Morgan fingerprint density at radius 1 is 0.850 bits per heavy atom. The van der Waals surface area contributed by atoms with Crippen LogP contribution in [-0.2, 0) is 33.8 Å². The van der Waals surface area contributed by atoms with Crippen molar-refractivity contribution in [3.8, 4) is 5.75 Å². The molecule has 0 aliphatic carbocycles. The molecular weight excluding hydrogens is 514 g/mol. The number of nitrogens with two attached hydrogens (primary N) is 1. The van der Waals surface area contributed by atoms with Crippen molar-refractivity contribution in [1.29, 1.82) is 0 Å². The molecule has 40 heavy (non-hydrogen) atoms. The Bertz CT molecular complexity index is 1540. The molecule has 0 radical (unpaired) electrons. The molecule has 4 N–H and O–H groups in total. The summed E-state index contributed by atoms with van der Waals surface area (Å²) >= 11 is 0. The molecule has 3 amide bonds. The van der Waals surface area contributed by atoms with Crippen LogP contribution in [0.1, 0.15) is 16.7 Å². The zero-order valence-electron chi connectivity index (χ0n) is 21.8. The molecule has 3 aromatic carbocycles. The van der Waals surface area contributed by atoms with Gasteiger partial charge in [0, 0.05) is 30.4 Å². The molecule has 10 heteroatoms. The minimum atomic E-state index is -1.18. The van der Waals surface area contributed by atoms with Crippen LogP contribution in [0.2, 0.25) is 0 Å². The summed E-state index contributed by atoms with van der Waals surface area (Å²) in [6, 6.07) is 22.1. The van der Waals surface area contributed by atoms with Crippen molar-refractivity contribution < 1.29 is 28.3 Å². The van der Waals surface area contributed by atoms with Crippen LogP contribution in [-0.4, -0.2) is 37.1 Å². The van der Waals surface area contributed by atoms with E-state index in [9.17, 15) is 19.2 Å². The van der Waals surface area contributed by atoms with Gasteiger partial charge in [0.2, 0.25) is 11.8 Å². The average Bonchev–Trinajstić information content (AvgIpc) is 2.95. The first-order valence-electron chi connectivity index (χ1n) is 12.5. The maximum atomic E-state index is 13.4. The highest BCUT2D eigenvalue weighted by Crippen LogP contribution is 2.23. The third kappa shape index (κ3) is 7.47. The number of alkyl carbamates (subject to hydrolysis) is 1. The van der Waals surface area contributed by atoms with E-state index in [4.69, 9.17) is 19.6 Å². The van der Waals surface area contributed by atoms with E-state index in [0.717, 1.165) is 11.1 Å². The number of amides is 3. The predicted octanol–water partition coefficient (Wildman–Crippen LogP) is 2.85. The number of carbonyl (C=O) groups excluding carboxylic acids is 3. The van der Waals surface area contributed by atoms with E-state index in [1.165, 1.54) is 13.2 Å². The standard InChI is InChI=1S/C30H29N3O7/c1-38-22-12-13-23-21(16-27(34)40-26(23)17-22)15-24(28(31)35)32-29(36)25(14-19-8-4-2-5-9-19)33-30(37)39-18-20-10-6-3-7-11-20/h2-13,16-17,24-25H,14-15,18H2,1H3,(H2,31,35)(H,32,36)(H,33,37)/t24-,25-/m0/s1. The van der Waals surface area contributed by atoms with E-state index >= 15 is 0 Å². The molecule has 0 saturated heterocycles. The van der Waals surface area contributed by atoms with Crippen molar-refractivity contribution in [2.24, 2.45) is 5.73 Å². The van der Waals surface area contributed by atoms with Gasteiger partial charge in [-0.3, -0.25) is 9.59 Å². The van der Waals surface area contributed by atoms with Crippen LogP contribution in [0.15, 0.2) is 94.1 Å². The third-order valence-corrected chi connectivity index (χ3v) is 6.23. The van der Waals surface area contributed by atoms with Gasteiger partial charge in [-0.1, -0.05) is 60.7 Å². The number of fused-ring (bicyclic) bond motifs is 1. The molecule has 0 fully saturated rings. The summed E-state index contributed by atoms with van der Waals surface area (Å²) in [6.07, 6.45) is -0.737. The topological polar surface area (TPSA) is 150 Å². The zero-order chi connectivity index (χ0) is 28.5. The van der Waals surface area contributed by atoms with Crippen molar-refractivity contribution in [2.75, 3.05) is 7.11 Å². The van der Waals surface area contributed by atoms with Crippen molar-refractivity contribution in [1.82, 2.24) is 10.6 Å².